The molecule has 11 nitrogen and oxygen atoms in total. The molecule has 39 heavy (non-hydrogen) atoms. The van der Waals surface area contributed by atoms with Crippen LogP contribution < -0.4 is 16.4 Å². The molecule has 0 radical (unpaired) electrons. The van der Waals surface area contributed by atoms with Crippen molar-refractivity contribution in [3.63, 3.8) is 0 Å². The van der Waals surface area contributed by atoms with Gasteiger partial charge in [0.1, 0.15) is 17.7 Å². The molecule has 0 spiro atoms. The van der Waals surface area contributed by atoms with Gasteiger partial charge >= 0.3 is 12.1 Å². The first-order chi connectivity index (χ1) is 18.1. The van der Waals surface area contributed by atoms with Crippen molar-refractivity contribution in [3.05, 3.63) is 34.9 Å². The summed E-state index contributed by atoms with van der Waals surface area (Å²) in [4.78, 5) is 65.0. The van der Waals surface area contributed by atoms with E-state index in [-0.39, 0.29) is 32.4 Å². The van der Waals surface area contributed by atoms with E-state index in [4.69, 9.17) is 15.2 Å². The molecular weight excluding hydrogens is 504 g/mol. The molecule has 2 atom stereocenters. The Morgan fingerprint density at radius 1 is 1.05 bits per heavy atom. The van der Waals surface area contributed by atoms with Crippen LogP contribution in [0, 0.1) is 13.8 Å². The van der Waals surface area contributed by atoms with Gasteiger partial charge in [0.25, 0.3) is 0 Å². The fourth-order valence-corrected chi connectivity index (χ4v) is 4.02. The fraction of sp³-hybridized carbons (Fsp3) is 0.607. The van der Waals surface area contributed by atoms with Crippen LogP contribution in [0.1, 0.15) is 83.5 Å². The van der Waals surface area contributed by atoms with Gasteiger partial charge in [-0.1, -0.05) is 23.8 Å². The standard InChI is InChI=1S/C28H44N4O7/c1-9-38-23(34)14-15-30-25(35)24(20-11-10-18(4)16-19(20)5)32(17(2)3)26(36)21(12-13-22(29)33)31-27(37)39-28(6,7)8/h10-11,16-17,21,24H,9,12-15H2,1-8H3,(H2,29,33)(H,30,35)(H,31,37). The van der Waals surface area contributed by atoms with E-state index in [1.165, 1.54) is 4.90 Å². The molecule has 0 aliphatic heterocycles. The SMILES string of the molecule is CCOC(=O)CCNC(=O)C(c1ccc(C)cc1C)N(C(=O)C(CCC(N)=O)NC(=O)OC(C)(C)C)C(C)C. The Balaban J connectivity index is 3.47. The highest BCUT2D eigenvalue weighted by Crippen LogP contribution is 2.28. The van der Waals surface area contributed by atoms with Crippen molar-refractivity contribution in [1.82, 2.24) is 15.5 Å². The van der Waals surface area contributed by atoms with Crippen molar-refractivity contribution in [2.24, 2.45) is 5.73 Å². The second kappa shape index (κ2) is 15.1. The second-order valence-electron chi connectivity index (χ2n) is 10.7. The third-order valence-electron chi connectivity index (χ3n) is 5.66. The average Bonchev–Trinajstić information content (AvgIpc) is 2.78. The lowest BCUT2D eigenvalue weighted by Gasteiger charge is -2.37. The molecule has 0 saturated heterocycles. The molecule has 0 aliphatic rings. The summed E-state index contributed by atoms with van der Waals surface area (Å²) in [7, 11) is 0. The van der Waals surface area contributed by atoms with Crippen LogP contribution in [0.15, 0.2) is 18.2 Å². The van der Waals surface area contributed by atoms with Crippen molar-refractivity contribution in [2.75, 3.05) is 13.2 Å². The lowest BCUT2D eigenvalue weighted by Crippen LogP contribution is -2.55. The van der Waals surface area contributed by atoms with Crippen molar-refractivity contribution < 1.29 is 33.4 Å². The monoisotopic (exact) mass is 548 g/mol. The molecule has 11 heteroatoms. The van der Waals surface area contributed by atoms with Crippen LogP contribution in [0.4, 0.5) is 4.79 Å². The Hall–Kier alpha value is -3.63. The van der Waals surface area contributed by atoms with Crippen molar-refractivity contribution in [2.45, 2.75) is 98.4 Å². The van der Waals surface area contributed by atoms with Gasteiger partial charge in [-0.05, 0) is 72.9 Å². The smallest absolute Gasteiger partial charge is 0.408 e. The molecule has 1 rings (SSSR count). The number of carbonyl (C=O) groups is 5. The first-order valence-electron chi connectivity index (χ1n) is 13.2. The first-order valence-corrected chi connectivity index (χ1v) is 13.2. The zero-order valence-electron chi connectivity index (χ0n) is 24.4. The maximum Gasteiger partial charge on any atom is 0.408 e. The molecule has 0 fully saturated rings. The summed E-state index contributed by atoms with van der Waals surface area (Å²) in [5, 5.41) is 5.30. The van der Waals surface area contributed by atoms with E-state index in [2.05, 4.69) is 10.6 Å². The minimum absolute atomic E-state index is 0.0143. The number of primary amides is 1. The lowest BCUT2D eigenvalue weighted by molar-refractivity contribution is -0.146. The van der Waals surface area contributed by atoms with Gasteiger partial charge in [0.15, 0.2) is 0 Å². The predicted octanol–water partition coefficient (Wildman–Crippen LogP) is 2.81. The van der Waals surface area contributed by atoms with Gasteiger partial charge in [-0.2, -0.15) is 0 Å². The number of hydrogen-bond donors (Lipinski definition) is 3. The minimum atomic E-state index is -1.18. The average molecular weight is 549 g/mol. The zero-order chi connectivity index (χ0) is 29.9. The van der Waals surface area contributed by atoms with E-state index in [0.717, 1.165) is 11.1 Å². The summed E-state index contributed by atoms with van der Waals surface area (Å²) in [5.41, 5.74) is 6.86. The Bertz CT molecular complexity index is 1030. The van der Waals surface area contributed by atoms with Crippen LogP contribution in [0.5, 0.6) is 0 Å². The van der Waals surface area contributed by atoms with Gasteiger partial charge in [-0.3, -0.25) is 19.2 Å². The predicted molar refractivity (Wildman–Crippen MR) is 146 cm³/mol. The van der Waals surface area contributed by atoms with Crippen LogP contribution in [-0.2, 0) is 28.7 Å². The van der Waals surface area contributed by atoms with Crippen LogP contribution in [0.3, 0.4) is 0 Å². The van der Waals surface area contributed by atoms with Crippen molar-refractivity contribution in [1.29, 1.82) is 0 Å². The van der Waals surface area contributed by atoms with Crippen LogP contribution in [-0.4, -0.2) is 65.5 Å². The number of carbonyl (C=O) groups excluding carboxylic acids is 5. The number of nitrogens with two attached hydrogens (primary N) is 1. The van der Waals surface area contributed by atoms with Gasteiger partial charge in [0, 0.05) is 19.0 Å². The van der Waals surface area contributed by atoms with Crippen LogP contribution in [0.2, 0.25) is 0 Å². The number of hydrogen-bond acceptors (Lipinski definition) is 7. The number of amides is 4. The van der Waals surface area contributed by atoms with E-state index in [0.29, 0.717) is 5.56 Å². The third kappa shape index (κ3) is 11.3. The molecule has 0 aliphatic carbocycles. The summed E-state index contributed by atoms with van der Waals surface area (Å²) >= 11 is 0. The summed E-state index contributed by atoms with van der Waals surface area (Å²) in [6, 6.07) is 2.76. The number of esters is 1. The van der Waals surface area contributed by atoms with Gasteiger partial charge in [0.2, 0.25) is 17.7 Å². The maximum absolute atomic E-state index is 14.0. The summed E-state index contributed by atoms with van der Waals surface area (Å²) in [6.45, 7) is 14.2. The molecule has 0 bridgehead atoms. The molecular formula is C28H44N4O7. The number of nitrogens with zero attached hydrogens (tertiary/aromatic N) is 1. The molecule has 0 saturated carbocycles. The Morgan fingerprint density at radius 2 is 1.69 bits per heavy atom. The van der Waals surface area contributed by atoms with Crippen molar-refractivity contribution in [3.8, 4) is 0 Å². The molecule has 1 aromatic carbocycles. The molecule has 218 valence electrons. The summed E-state index contributed by atoms with van der Waals surface area (Å²) in [5.74, 6) is -2.18. The highest BCUT2D eigenvalue weighted by atomic mass is 16.6. The van der Waals surface area contributed by atoms with E-state index < -0.39 is 53.5 Å². The third-order valence-corrected chi connectivity index (χ3v) is 5.66. The second-order valence-corrected chi connectivity index (χ2v) is 10.7. The largest absolute Gasteiger partial charge is 0.466 e. The van der Waals surface area contributed by atoms with Crippen LogP contribution >= 0.6 is 0 Å². The normalized spacial score (nSPS) is 12.7. The Morgan fingerprint density at radius 3 is 2.21 bits per heavy atom. The molecule has 1 aromatic rings. The summed E-state index contributed by atoms with van der Waals surface area (Å²) in [6.07, 6.45) is -1.12. The fourth-order valence-electron chi connectivity index (χ4n) is 4.02. The van der Waals surface area contributed by atoms with Crippen LogP contribution in [0.25, 0.3) is 0 Å². The first kappa shape index (κ1) is 33.4. The molecule has 0 heterocycles. The highest BCUT2D eigenvalue weighted by molar-refractivity contribution is 5.93. The number of ether oxygens (including phenoxy) is 2. The molecule has 0 aromatic heterocycles. The van der Waals surface area contributed by atoms with Gasteiger partial charge < -0.3 is 30.7 Å². The molecule has 2 unspecified atom stereocenters. The number of aryl methyl sites for hydroxylation is 2. The number of rotatable bonds is 13. The Labute approximate surface area is 231 Å². The number of alkyl carbamates (subject to hydrolysis) is 1. The van der Waals surface area contributed by atoms with Crippen molar-refractivity contribution >= 4 is 29.8 Å². The Kier molecular flexibility index (Phi) is 12.9. The highest BCUT2D eigenvalue weighted by Gasteiger charge is 2.38. The summed E-state index contributed by atoms with van der Waals surface area (Å²) < 4.78 is 10.3. The van der Waals surface area contributed by atoms with Gasteiger partial charge in [-0.15, -0.1) is 0 Å². The lowest BCUT2D eigenvalue weighted by atomic mass is 9.95. The number of benzene rings is 1. The van der Waals surface area contributed by atoms with E-state index in [1.807, 2.05) is 26.0 Å². The van der Waals surface area contributed by atoms with E-state index >= 15 is 0 Å². The van der Waals surface area contributed by atoms with E-state index in [1.54, 1.807) is 47.6 Å². The number of nitrogens with one attached hydrogen (secondary N) is 2. The molecule has 4 amide bonds. The van der Waals surface area contributed by atoms with Gasteiger partial charge in [0.05, 0.1) is 13.0 Å². The quantitative estimate of drug-likeness (QED) is 0.320. The van der Waals surface area contributed by atoms with Gasteiger partial charge in [-0.25, -0.2) is 4.79 Å². The maximum atomic E-state index is 14.0. The minimum Gasteiger partial charge on any atom is -0.466 e. The topological polar surface area (TPSA) is 157 Å². The van der Waals surface area contributed by atoms with E-state index in [9.17, 15) is 24.0 Å². The zero-order valence-corrected chi connectivity index (χ0v) is 24.4. The molecule has 4 N–H and O–H groups in total.